The predicted octanol–water partition coefficient (Wildman–Crippen LogP) is -0.709. The van der Waals surface area contributed by atoms with E-state index in [2.05, 4.69) is 24.4 Å². The summed E-state index contributed by atoms with van der Waals surface area (Å²) in [6, 6.07) is 8.67. The van der Waals surface area contributed by atoms with Gasteiger partial charge in [0.25, 0.3) is 5.91 Å². The van der Waals surface area contributed by atoms with E-state index < -0.39 is 0 Å². The normalized spacial score (nSPS) is 26.5. The van der Waals surface area contributed by atoms with Crippen molar-refractivity contribution in [1.82, 2.24) is 5.32 Å². The van der Waals surface area contributed by atoms with Gasteiger partial charge in [-0.2, -0.15) is 0 Å². The van der Waals surface area contributed by atoms with Gasteiger partial charge in [0.05, 0.1) is 0 Å². The van der Waals surface area contributed by atoms with Gasteiger partial charge in [-0.25, -0.2) is 0 Å². The fourth-order valence-electron chi connectivity index (χ4n) is 3.21. The number of halogens is 1. The number of benzene rings is 1. The monoisotopic (exact) mass is 323 g/mol. The highest BCUT2D eigenvalue weighted by Crippen LogP contribution is 2.18. The molecule has 5 heteroatoms. The van der Waals surface area contributed by atoms with Crippen LogP contribution in [0.2, 0.25) is 5.02 Å². The van der Waals surface area contributed by atoms with E-state index in [1.807, 2.05) is 12.1 Å². The van der Waals surface area contributed by atoms with E-state index in [0.717, 1.165) is 50.6 Å². The average Bonchev–Trinajstić information content (AvgIpc) is 3.31. The van der Waals surface area contributed by atoms with Crippen molar-refractivity contribution in [2.45, 2.75) is 38.4 Å². The highest BCUT2D eigenvalue weighted by molar-refractivity contribution is 6.30. The van der Waals surface area contributed by atoms with Crippen LogP contribution in [0.25, 0.3) is 0 Å². The summed E-state index contributed by atoms with van der Waals surface area (Å²) in [5.41, 5.74) is 1.30. The summed E-state index contributed by atoms with van der Waals surface area (Å²) >= 11 is 6.05. The van der Waals surface area contributed by atoms with Crippen LogP contribution in [0.15, 0.2) is 24.3 Å². The minimum Gasteiger partial charge on any atom is -0.348 e. The van der Waals surface area contributed by atoms with Crippen molar-refractivity contribution < 1.29 is 14.6 Å². The lowest BCUT2D eigenvalue weighted by molar-refractivity contribution is -1.02. The van der Waals surface area contributed by atoms with Crippen LogP contribution in [0.5, 0.6) is 0 Å². The second-order valence-electron chi connectivity index (χ2n) is 6.72. The molecule has 0 radical (unpaired) electrons. The molecule has 4 nitrogen and oxygen atoms in total. The molecule has 1 aliphatic carbocycles. The molecule has 2 aliphatic rings. The quantitative estimate of drug-likeness (QED) is 0.658. The SMILES string of the molecule is C[C@@H](C(=O)NC1CC1)[NH+]1CC[NH+](Cc2cccc(Cl)c2)CC1. The molecule has 1 atom stereocenters. The highest BCUT2D eigenvalue weighted by Gasteiger charge is 2.33. The largest absolute Gasteiger partial charge is 0.348 e. The Labute approximate surface area is 137 Å². The van der Waals surface area contributed by atoms with Crippen molar-refractivity contribution in [2.75, 3.05) is 26.2 Å². The van der Waals surface area contributed by atoms with Crippen molar-refractivity contribution >= 4 is 17.5 Å². The van der Waals surface area contributed by atoms with Crippen LogP contribution in [0, 0.1) is 0 Å². The summed E-state index contributed by atoms with van der Waals surface area (Å²) in [5, 5.41) is 3.94. The van der Waals surface area contributed by atoms with E-state index in [-0.39, 0.29) is 11.9 Å². The highest BCUT2D eigenvalue weighted by atomic mass is 35.5. The first kappa shape index (κ1) is 15.8. The molecule has 2 fully saturated rings. The minimum absolute atomic E-state index is 0.0771. The smallest absolute Gasteiger partial charge is 0.278 e. The lowest BCUT2D eigenvalue weighted by atomic mass is 10.1. The molecule has 1 amide bonds. The van der Waals surface area contributed by atoms with Crippen molar-refractivity contribution in [3.63, 3.8) is 0 Å². The standard InChI is InChI=1S/C17H24ClN3O/c1-13(17(22)19-16-5-6-16)21-9-7-20(8-10-21)12-14-3-2-4-15(18)11-14/h2-4,11,13,16H,5-10,12H2,1H3,(H,19,22)/p+2/t13-/m0/s1. The maximum Gasteiger partial charge on any atom is 0.278 e. The molecule has 1 heterocycles. The lowest BCUT2D eigenvalue weighted by Gasteiger charge is -2.32. The second kappa shape index (κ2) is 6.99. The van der Waals surface area contributed by atoms with Crippen molar-refractivity contribution in [3.8, 4) is 0 Å². The third kappa shape index (κ3) is 4.22. The lowest BCUT2D eigenvalue weighted by Crippen LogP contribution is -3.29. The molecule has 0 bridgehead atoms. The maximum atomic E-state index is 12.1. The zero-order chi connectivity index (χ0) is 15.5. The predicted molar refractivity (Wildman–Crippen MR) is 87.2 cm³/mol. The van der Waals surface area contributed by atoms with Crippen LogP contribution in [0.3, 0.4) is 0 Å². The number of nitrogens with one attached hydrogen (secondary N) is 3. The number of hydrogen-bond donors (Lipinski definition) is 3. The first-order valence-electron chi connectivity index (χ1n) is 8.35. The zero-order valence-electron chi connectivity index (χ0n) is 13.2. The van der Waals surface area contributed by atoms with E-state index >= 15 is 0 Å². The van der Waals surface area contributed by atoms with Crippen LogP contribution in [0.4, 0.5) is 0 Å². The number of hydrogen-bond acceptors (Lipinski definition) is 1. The summed E-state index contributed by atoms with van der Waals surface area (Å²) in [6.45, 7) is 7.45. The molecule has 120 valence electrons. The Morgan fingerprint density at radius 1 is 1.32 bits per heavy atom. The summed E-state index contributed by atoms with van der Waals surface area (Å²) in [7, 11) is 0. The van der Waals surface area contributed by atoms with Gasteiger partial charge in [0.1, 0.15) is 32.7 Å². The topological polar surface area (TPSA) is 38.0 Å². The van der Waals surface area contributed by atoms with Gasteiger partial charge < -0.3 is 15.1 Å². The van der Waals surface area contributed by atoms with Crippen molar-refractivity contribution in [1.29, 1.82) is 0 Å². The molecular weight excluding hydrogens is 298 g/mol. The Morgan fingerprint density at radius 3 is 2.68 bits per heavy atom. The Hall–Kier alpha value is -1.10. The van der Waals surface area contributed by atoms with E-state index in [9.17, 15) is 4.79 Å². The molecule has 3 rings (SSSR count). The number of carbonyl (C=O) groups excluding carboxylic acids is 1. The van der Waals surface area contributed by atoms with Crippen LogP contribution < -0.4 is 15.1 Å². The first-order chi connectivity index (χ1) is 10.6. The van der Waals surface area contributed by atoms with Gasteiger partial charge in [-0.1, -0.05) is 23.7 Å². The third-order valence-electron chi connectivity index (χ3n) is 4.87. The van der Waals surface area contributed by atoms with Gasteiger partial charge in [-0.3, -0.25) is 4.79 Å². The van der Waals surface area contributed by atoms with Crippen LogP contribution in [-0.4, -0.2) is 44.2 Å². The van der Waals surface area contributed by atoms with Gasteiger partial charge in [0.15, 0.2) is 6.04 Å². The van der Waals surface area contributed by atoms with Gasteiger partial charge in [-0.05, 0) is 31.9 Å². The third-order valence-corrected chi connectivity index (χ3v) is 5.11. The average molecular weight is 324 g/mol. The van der Waals surface area contributed by atoms with Gasteiger partial charge in [0.2, 0.25) is 0 Å². The molecule has 0 spiro atoms. The van der Waals surface area contributed by atoms with E-state index in [1.165, 1.54) is 10.5 Å². The number of amides is 1. The Morgan fingerprint density at radius 2 is 2.05 bits per heavy atom. The molecule has 0 aromatic heterocycles. The van der Waals surface area contributed by atoms with Gasteiger partial charge in [-0.15, -0.1) is 0 Å². The second-order valence-corrected chi connectivity index (χ2v) is 7.16. The summed E-state index contributed by atoms with van der Waals surface area (Å²) in [6.07, 6.45) is 2.32. The molecule has 0 unspecified atom stereocenters. The number of quaternary nitrogens is 2. The van der Waals surface area contributed by atoms with Crippen LogP contribution in [-0.2, 0) is 11.3 Å². The van der Waals surface area contributed by atoms with Crippen molar-refractivity contribution in [3.05, 3.63) is 34.9 Å². The molecule has 1 aliphatic heterocycles. The van der Waals surface area contributed by atoms with Gasteiger partial charge >= 0.3 is 0 Å². The summed E-state index contributed by atoms with van der Waals surface area (Å²) in [4.78, 5) is 15.2. The Balaban J connectivity index is 1.46. The fourth-order valence-corrected chi connectivity index (χ4v) is 3.42. The van der Waals surface area contributed by atoms with E-state index in [4.69, 9.17) is 11.6 Å². The molecule has 1 saturated carbocycles. The Bertz CT molecular complexity index is 524. The maximum absolute atomic E-state index is 12.1. The fraction of sp³-hybridized carbons (Fsp3) is 0.588. The molecular formula is C17H26ClN3O+2. The van der Waals surface area contributed by atoms with Gasteiger partial charge in [0, 0.05) is 16.6 Å². The molecule has 1 aromatic rings. The Kier molecular flexibility index (Phi) is 5.01. The number of carbonyl (C=O) groups is 1. The summed E-state index contributed by atoms with van der Waals surface area (Å²) < 4.78 is 0. The summed E-state index contributed by atoms with van der Waals surface area (Å²) in [5.74, 6) is 0.232. The molecule has 22 heavy (non-hydrogen) atoms. The zero-order valence-corrected chi connectivity index (χ0v) is 14.0. The number of piperazine rings is 1. The first-order valence-corrected chi connectivity index (χ1v) is 8.72. The van der Waals surface area contributed by atoms with Crippen LogP contribution >= 0.6 is 11.6 Å². The molecule has 3 N–H and O–H groups in total. The molecule has 1 saturated heterocycles. The van der Waals surface area contributed by atoms with Crippen molar-refractivity contribution in [2.24, 2.45) is 0 Å². The van der Waals surface area contributed by atoms with E-state index in [0.29, 0.717) is 6.04 Å². The van der Waals surface area contributed by atoms with Crippen LogP contribution in [0.1, 0.15) is 25.3 Å². The van der Waals surface area contributed by atoms with E-state index in [1.54, 1.807) is 4.90 Å². The minimum atomic E-state index is 0.0771. The number of rotatable bonds is 5. The molecule has 1 aromatic carbocycles.